The Morgan fingerprint density at radius 1 is 0.973 bits per heavy atom. The van der Waals surface area contributed by atoms with Crippen molar-refractivity contribution in [2.24, 2.45) is 11.3 Å². The number of likely N-dealkylation sites (tertiary alicyclic amines) is 2. The number of nitrogens with zero attached hydrogens (tertiary/aromatic N) is 4. The van der Waals surface area contributed by atoms with Gasteiger partial charge in [0.15, 0.2) is 0 Å². The molecular formula is C28H38N4O5. The Hall–Kier alpha value is -3.04. The van der Waals surface area contributed by atoms with Crippen molar-refractivity contribution in [3.05, 3.63) is 63.8 Å². The fourth-order valence-corrected chi connectivity index (χ4v) is 7.03. The van der Waals surface area contributed by atoms with Gasteiger partial charge in [-0.1, -0.05) is 25.0 Å². The second kappa shape index (κ2) is 12.5. The first-order valence-electron chi connectivity index (χ1n) is 13.2. The zero-order valence-corrected chi connectivity index (χ0v) is 21.4. The van der Waals surface area contributed by atoms with Crippen LogP contribution in [0.5, 0.6) is 0 Å². The molecule has 2 saturated heterocycles. The van der Waals surface area contributed by atoms with Crippen molar-refractivity contribution in [1.29, 1.82) is 0 Å². The first-order valence-corrected chi connectivity index (χ1v) is 13.2. The highest BCUT2D eigenvalue weighted by atomic mass is 16.3. The fourth-order valence-electron chi connectivity index (χ4n) is 7.03. The number of carbonyl (C=O) groups is 2. The summed E-state index contributed by atoms with van der Waals surface area (Å²) in [6, 6.07) is 8.60. The summed E-state index contributed by atoms with van der Waals surface area (Å²) in [5, 5.41) is 13.8. The average Bonchev–Trinajstić information content (AvgIpc) is 3.52. The van der Waals surface area contributed by atoms with Crippen LogP contribution in [0.4, 0.5) is 0 Å². The molecule has 0 aromatic carbocycles. The van der Waals surface area contributed by atoms with E-state index in [0.717, 1.165) is 44.8 Å². The summed E-state index contributed by atoms with van der Waals surface area (Å²) in [4.78, 5) is 39.5. The van der Waals surface area contributed by atoms with E-state index in [4.69, 9.17) is 19.8 Å². The molecule has 3 fully saturated rings. The lowest BCUT2D eigenvalue weighted by molar-refractivity contribution is -0.123. The molecule has 1 spiro atoms. The van der Waals surface area contributed by atoms with E-state index in [-0.39, 0.29) is 18.5 Å². The molecule has 5 heterocycles. The molecule has 2 bridgehead atoms. The van der Waals surface area contributed by atoms with E-state index in [1.54, 1.807) is 0 Å². The monoisotopic (exact) mass is 510 g/mol. The Morgan fingerprint density at radius 3 is 2.43 bits per heavy atom. The van der Waals surface area contributed by atoms with Gasteiger partial charge in [0.25, 0.3) is 18.5 Å². The second-order valence-electron chi connectivity index (χ2n) is 10.9. The van der Waals surface area contributed by atoms with Crippen molar-refractivity contribution in [1.82, 2.24) is 19.4 Å². The van der Waals surface area contributed by atoms with Crippen LogP contribution in [0, 0.1) is 11.3 Å². The second-order valence-corrected chi connectivity index (χ2v) is 10.9. The average molecular weight is 511 g/mol. The third-order valence-electron chi connectivity index (χ3n) is 8.46. The fraction of sp³-hybridized carbons (Fsp3) is 0.571. The summed E-state index contributed by atoms with van der Waals surface area (Å²) in [6.45, 7) is 6.66. The SMILES string of the molecule is O=CO.O=CO.O=c1c(CN2CCC3(CCCC3)C2)ccc2n1C[C@H]1C[C@@H]2CN(Cc2cccnc2)C1. The van der Waals surface area contributed by atoms with Crippen molar-refractivity contribution in [2.75, 3.05) is 26.2 Å². The van der Waals surface area contributed by atoms with Crippen LogP contribution >= 0.6 is 0 Å². The molecule has 9 nitrogen and oxygen atoms in total. The van der Waals surface area contributed by atoms with Crippen molar-refractivity contribution in [2.45, 2.75) is 64.1 Å². The maximum atomic E-state index is 13.4. The van der Waals surface area contributed by atoms with Crippen molar-refractivity contribution in [3.63, 3.8) is 0 Å². The molecule has 2 aromatic rings. The van der Waals surface area contributed by atoms with Gasteiger partial charge in [-0.15, -0.1) is 0 Å². The maximum Gasteiger partial charge on any atom is 0.290 e. The van der Waals surface area contributed by atoms with Crippen LogP contribution < -0.4 is 5.56 Å². The lowest BCUT2D eigenvalue weighted by Crippen LogP contribution is -2.47. The molecule has 2 N–H and O–H groups in total. The van der Waals surface area contributed by atoms with Gasteiger partial charge in [-0.05, 0) is 61.3 Å². The summed E-state index contributed by atoms with van der Waals surface area (Å²) < 4.78 is 2.14. The normalized spacial score (nSPS) is 23.8. The minimum atomic E-state index is -0.250. The minimum absolute atomic E-state index is 0.250. The highest BCUT2D eigenvalue weighted by Crippen LogP contribution is 2.45. The van der Waals surface area contributed by atoms with E-state index in [2.05, 4.69) is 37.5 Å². The van der Waals surface area contributed by atoms with Gasteiger partial charge in [0.2, 0.25) is 0 Å². The highest BCUT2D eigenvalue weighted by molar-refractivity contribution is 5.33. The van der Waals surface area contributed by atoms with Crippen LogP contribution in [0.2, 0.25) is 0 Å². The van der Waals surface area contributed by atoms with Gasteiger partial charge >= 0.3 is 0 Å². The molecule has 2 aromatic heterocycles. The smallest absolute Gasteiger partial charge is 0.290 e. The topological polar surface area (TPSA) is 116 Å². The van der Waals surface area contributed by atoms with Crippen LogP contribution in [0.1, 0.15) is 61.3 Å². The van der Waals surface area contributed by atoms with Gasteiger partial charge in [0, 0.05) is 68.8 Å². The number of pyridine rings is 2. The number of piperidine rings is 1. The van der Waals surface area contributed by atoms with Gasteiger partial charge in [-0.25, -0.2) is 0 Å². The van der Waals surface area contributed by atoms with Crippen LogP contribution in [0.25, 0.3) is 0 Å². The molecular weight excluding hydrogens is 472 g/mol. The Kier molecular flexibility index (Phi) is 9.10. The van der Waals surface area contributed by atoms with Gasteiger partial charge in [-0.2, -0.15) is 0 Å². The van der Waals surface area contributed by atoms with Gasteiger partial charge in [0.05, 0.1) is 0 Å². The lowest BCUT2D eigenvalue weighted by atomic mass is 9.83. The number of aromatic nitrogens is 2. The predicted octanol–water partition coefficient (Wildman–Crippen LogP) is 3.03. The molecule has 200 valence electrons. The van der Waals surface area contributed by atoms with E-state index in [0.29, 0.717) is 17.3 Å². The third kappa shape index (κ3) is 6.45. The molecule has 6 rings (SSSR count). The molecule has 2 atom stereocenters. The number of hydrogen-bond donors (Lipinski definition) is 2. The summed E-state index contributed by atoms with van der Waals surface area (Å²) in [5.41, 5.74) is 4.39. The first kappa shape index (κ1) is 27.0. The predicted molar refractivity (Wildman–Crippen MR) is 139 cm³/mol. The zero-order valence-electron chi connectivity index (χ0n) is 21.4. The maximum absolute atomic E-state index is 13.4. The lowest BCUT2D eigenvalue weighted by Gasteiger charge is -2.43. The molecule has 3 aliphatic heterocycles. The zero-order chi connectivity index (χ0) is 26.3. The van der Waals surface area contributed by atoms with Crippen LogP contribution in [-0.4, -0.2) is 68.7 Å². The highest BCUT2D eigenvalue weighted by Gasteiger charge is 2.40. The van der Waals surface area contributed by atoms with Crippen molar-refractivity contribution >= 4 is 12.9 Å². The standard InChI is InChI=1S/C26H34N4O.2CH2O2/c31-25-22(17-28-11-9-26(19-28)7-1-2-8-26)5-6-24-23-12-21(16-30(24)25)15-29(18-23)14-20-4-3-10-27-13-20;2*2-1-3/h3-6,10,13,21,23H,1-2,7-9,11-12,14-19H2;2*1H,(H,2,3)/t21-,23+;;/m0../s1. The van der Waals surface area contributed by atoms with E-state index in [9.17, 15) is 4.79 Å². The molecule has 4 aliphatic rings. The molecule has 0 radical (unpaired) electrons. The van der Waals surface area contributed by atoms with E-state index >= 15 is 0 Å². The largest absolute Gasteiger partial charge is 0.483 e. The van der Waals surface area contributed by atoms with Gasteiger partial charge in [-0.3, -0.25) is 29.2 Å². The number of rotatable bonds is 4. The van der Waals surface area contributed by atoms with Crippen LogP contribution in [0.3, 0.4) is 0 Å². The Morgan fingerprint density at radius 2 is 1.73 bits per heavy atom. The number of hydrogen-bond acceptors (Lipinski definition) is 6. The summed E-state index contributed by atoms with van der Waals surface area (Å²) in [5.74, 6) is 1.05. The quantitative estimate of drug-likeness (QED) is 0.603. The summed E-state index contributed by atoms with van der Waals surface area (Å²) in [7, 11) is 0. The number of carboxylic acid groups (broad SMARTS) is 2. The number of fused-ring (bicyclic) bond motifs is 4. The molecule has 1 aliphatic carbocycles. The molecule has 1 saturated carbocycles. The third-order valence-corrected chi connectivity index (χ3v) is 8.46. The van der Waals surface area contributed by atoms with Crippen molar-refractivity contribution in [3.8, 4) is 0 Å². The van der Waals surface area contributed by atoms with Crippen molar-refractivity contribution < 1.29 is 19.8 Å². The van der Waals surface area contributed by atoms with Gasteiger partial charge in [0.1, 0.15) is 0 Å². The summed E-state index contributed by atoms with van der Waals surface area (Å²) >= 11 is 0. The van der Waals surface area contributed by atoms with E-state index in [1.807, 2.05) is 18.5 Å². The van der Waals surface area contributed by atoms with E-state index < -0.39 is 0 Å². The molecule has 9 heteroatoms. The van der Waals surface area contributed by atoms with E-state index in [1.165, 1.54) is 56.3 Å². The molecule has 37 heavy (non-hydrogen) atoms. The minimum Gasteiger partial charge on any atom is -0.483 e. The Balaban J connectivity index is 0.000000489. The molecule has 0 amide bonds. The Labute approximate surface area is 217 Å². The van der Waals surface area contributed by atoms with Gasteiger partial charge < -0.3 is 14.8 Å². The first-order chi connectivity index (χ1) is 18.0. The summed E-state index contributed by atoms with van der Waals surface area (Å²) in [6.07, 6.45) is 11.9. The Bertz CT molecular complexity index is 1090. The molecule has 0 unspecified atom stereocenters. The van der Waals surface area contributed by atoms with Crippen LogP contribution in [-0.2, 0) is 29.2 Å². The van der Waals surface area contributed by atoms with Crippen LogP contribution in [0.15, 0.2) is 41.5 Å².